The summed E-state index contributed by atoms with van der Waals surface area (Å²) >= 11 is 0. The molecular weight excluding hydrogens is 464 g/mol. The second kappa shape index (κ2) is 8.95. The number of rotatable bonds is 5. The lowest BCUT2D eigenvalue weighted by atomic mass is 9.96. The number of hydrogen-bond acceptors (Lipinski definition) is 6. The Labute approximate surface area is 218 Å². The average Bonchev–Trinajstić information content (AvgIpc) is 3.54. The quantitative estimate of drug-likeness (QED) is 0.395. The third-order valence-electron chi connectivity index (χ3n) is 7.33. The van der Waals surface area contributed by atoms with E-state index in [9.17, 15) is 10.1 Å². The molecule has 0 unspecified atom stereocenters. The number of nitrogens with zero attached hydrogens (tertiary/aromatic N) is 4. The van der Waals surface area contributed by atoms with Crippen LogP contribution in [0.15, 0.2) is 47.0 Å². The summed E-state index contributed by atoms with van der Waals surface area (Å²) in [5, 5.41) is 13.8. The summed E-state index contributed by atoms with van der Waals surface area (Å²) in [6.45, 7) is 12.8. The Kier molecular flexibility index (Phi) is 6.02. The highest BCUT2D eigenvalue weighted by atomic mass is 16.6. The smallest absolute Gasteiger partial charge is 0.410 e. The summed E-state index contributed by atoms with van der Waals surface area (Å²) in [4.78, 5) is 16.7. The van der Waals surface area contributed by atoms with Crippen molar-refractivity contribution in [1.29, 1.82) is 5.26 Å². The minimum Gasteiger partial charge on any atom is -0.444 e. The third kappa shape index (κ3) is 4.69. The molecule has 0 N–H and O–H groups in total. The van der Waals surface area contributed by atoms with Crippen LogP contribution >= 0.6 is 0 Å². The minimum absolute atomic E-state index is 0.0860. The predicted octanol–water partition coefficient (Wildman–Crippen LogP) is 6.58. The molecule has 2 aliphatic rings. The van der Waals surface area contributed by atoms with Gasteiger partial charge in [0.1, 0.15) is 11.4 Å². The molecule has 1 saturated heterocycles. The third-order valence-corrected chi connectivity index (χ3v) is 7.33. The second-order valence-corrected chi connectivity index (χ2v) is 11.4. The standard InChI is InChI=1S/C30H34N4O3/c1-19-7-8-22(27-20(2)32-37-21(27)3)15-26(19)34(25-16-33(17-25)28(35)36-29(4,5)6)24-11-9-23(10-12-24)30(18-31)13-14-30/h7-12,15,25H,13-14,16-17H2,1-6H3. The molecular formula is C30H34N4O3. The number of amides is 1. The molecule has 2 aromatic carbocycles. The molecule has 1 aliphatic heterocycles. The monoisotopic (exact) mass is 498 g/mol. The van der Waals surface area contributed by atoms with Crippen molar-refractivity contribution in [2.75, 3.05) is 18.0 Å². The van der Waals surface area contributed by atoms with Gasteiger partial charge in [-0.2, -0.15) is 5.26 Å². The Morgan fingerprint density at radius 1 is 1.14 bits per heavy atom. The highest BCUT2D eigenvalue weighted by Crippen LogP contribution is 2.48. The van der Waals surface area contributed by atoms with Gasteiger partial charge in [0.2, 0.25) is 0 Å². The van der Waals surface area contributed by atoms with E-state index in [0.717, 1.165) is 57.9 Å². The molecule has 0 atom stereocenters. The maximum absolute atomic E-state index is 12.7. The van der Waals surface area contributed by atoms with Crippen LogP contribution < -0.4 is 4.90 Å². The van der Waals surface area contributed by atoms with Crippen molar-refractivity contribution in [3.05, 3.63) is 65.0 Å². The SMILES string of the molecule is Cc1ccc(-c2c(C)noc2C)cc1N(c1ccc(C2(C#N)CC2)cc1)C1CN(C(=O)OC(C)(C)C)C1. The molecule has 0 radical (unpaired) electrons. The zero-order valence-corrected chi connectivity index (χ0v) is 22.5. The van der Waals surface area contributed by atoms with Crippen molar-refractivity contribution in [1.82, 2.24) is 10.1 Å². The van der Waals surface area contributed by atoms with Crippen molar-refractivity contribution in [2.24, 2.45) is 0 Å². The van der Waals surface area contributed by atoms with E-state index in [2.05, 4.69) is 65.5 Å². The molecule has 2 heterocycles. The van der Waals surface area contributed by atoms with Crippen molar-refractivity contribution in [3.63, 3.8) is 0 Å². The first-order chi connectivity index (χ1) is 17.5. The van der Waals surface area contributed by atoms with E-state index in [0.29, 0.717) is 13.1 Å². The minimum atomic E-state index is -0.531. The first-order valence-corrected chi connectivity index (χ1v) is 12.8. The summed E-state index contributed by atoms with van der Waals surface area (Å²) in [7, 11) is 0. The van der Waals surface area contributed by atoms with Gasteiger partial charge in [0.25, 0.3) is 0 Å². The molecule has 192 valence electrons. The molecule has 7 heteroatoms. The molecule has 37 heavy (non-hydrogen) atoms. The van der Waals surface area contributed by atoms with Crippen LogP contribution in [0.4, 0.5) is 16.2 Å². The first kappa shape index (κ1) is 24.9. The highest BCUT2D eigenvalue weighted by Gasteiger charge is 2.45. The molecule has 1 aliphatic carbocycles. The number of aryl methyl sites for hydroxylation is 3. The Balaban J connectivity index is 1.50. The molecule has 1 aromatic heterocycles. The summed E-state index contributed by atoms with van der Waals surface area (Å²) in [6, 6.07) is 17.3. The van der Waals surface area contributed by atoms with E-state index in [-0.39, 0.29) is 17.6 Å². The van der Waals surface area contributed by atoms with Gasteiger partial charge in [-0.15, -0.1) is 0 Å². The van der Waals surface area contributed by atoms with Gasteiger partial charge in [-0.25, -0.2) is 4.79 Å². The largest absolute Gasteiger partial charge is 0.444 e. The number of carbonyl (C=O) groups is 1. The topological polar surface area (TPSA) is 82.6 Å². The number of anilines is 2. The predicted molar refractivity (Wildman–Crippen MR) is 143 cm³/mol. The number of ether oxygens (including phenoxy) is 1. The summed E-state index contributed by atoms with van der Waals surface area (Å²) in [6.07, 6.45) is 1.54. The van der Waals surface area contributed by atoms with Crippen molar-refractivity contribution >= 4 is 17.5 Å². The molecule has 3 aromatic rings. The van der Waals surface area contributed by atoms with Crippen LogP contribution in [0, 0.1) is 32.1 Å². The lowest BCUT2D eigenvalue weighted by molar-refractivity contribution is 0.00890. The Hall–Kier alpha value is -3.79. The Bertz CT molecular complexity index is 1350. The summed E-state index contributed by atoms with van der Waals surface area (Å²) in [5.41, 5.74) is 6.35. The Morgan fingerprint density at radius 3 is 2.35 bits per heavy atom. The first-order valence-electron chi connectivity index (χ1n) is 12.8. The van der Waals surface area contributed by atoms with Gasteiger partial charge in [-0.3, -0.25) is 0 Å². The number of carbonyl (C=O) groups excluding carboxylic acids is 1. The molecule has 0 spiro atoms. The number of hydrogen-bond donors (Lipinski definition) is 0. The van der Waals surface area contributed by atoms with E-state index in [1.165, 1.54) is 0 Å². The van der Waals surface area contributed by atoms with Crippen LogP contribution in [0.1, 0.15) is 56.2 Å². The van der Waals surface area contributed by atoms with Crippen LogP contribution in [-0.2, 0) is 10.2 Å². The van der Waals surface area contributed by atoms with Crippen molar-refractivity contribution < 1.29 is 14.1 Å². The van der Waals surface area contributed by atoms with Crippen molar-refractivity contribution in [3.8, 4) is 17.2 Å². The molecule has 5 rings (SSSR count). The van der Waals surface area contributed by atoms with E-state index < -0.39 is 5.60 Å². The lowest BCUT2D eigenvalue weighted by Gasteiger charge is -2.46. The molecule has 0 bridgehead atoms. The average molecular weight is 499 g/mol. The van der Waals surface area contributed by atoms with Crippen LogP contribution in [0.2, 0.25) is 0 Å². The van der Waals surface area contributed by atoms with Gasteiger partial charge >= 0.3 is 6.09 Å². The van der Waals surface area contributed by atoms with Gasteiger partial charge in [-0.05, 0) is 89.3 Å². The molecule has 1 amide bonds. The fourth-order valence-electron chi connectivity index (χ4n) is 5.09. The number of likely N-dealkylation sites (tertiary alicyclic amines) is 1. The van der Waals surface area contributed by atoms with Crippen molar-refractivity contribution in [2.45, 2.75) is 71.4 Å². The second-order valence-electron chi connectivity index (χ2n) is 11.4. The zero-order valence-electron chi connectivity index (χ0n) is 22.5. The van der Waals surface area contributed by atoms with Crippen LogP contribution in [0.25, 0.3) is 11.1 Å². The van der Waals surface area contributed by atoms with Gasteiger partial charge in [0.05, 0.1) is 23.2 Å². The fourth-order valence-corrected chi connectivity index (χ4v) is 5.09. The number of aromatic nitrogens is 1. The van der Waals surface area contributed by atoms with Gasteiger partial charge in [-0.1, -0.05) is 29.4 Å². The van der Waals surface area contributed by atoms with E-state index in [1.807, 2.05) is 34.6 Å². The van der Waals surface area contributed by atoms with Gasteiger partial charge < -0.3 is 19.1 Å². The van der Waals surface area contributed by atoms with Gasteiger partial charge in [0.15, 0.2) is 0 Å². The van der Waals surface area contributed by atoms with E-state index in [1.54, 1.807) is 4.90 Å². The van der Waals surface area contributed by atoms with Gasteiger partial charge in [0, 0.05) is 30.0 Å². The highest BCUT2D eigenvalue weighted by molar-refractivity contribution is 5.78. The maximum atomic E-state index is 12.7. The number of benzene rings is 2. The molecule has 1 saturated carbocycles. The molecule has 2 fully saturated rings. The van der Waals surface area contributed by atoms with Crippen LogP contribution in [0.5, 0.6) is 0 Å². The summed E-state index contributed by atoms with van der Waals surface area (Å²) in [5.74, 6) is 0.786. The number of nitriles is 1. The Morgan fingerprint density at radius 2 is 1.81 bits per heavy atom. The normalized spacial score (nSPS) is 16.6. The fraction of sp³-hybridized carbons (Fsp3) is 0.433. The van der Waals surface area contributed by atoms with E-state index >= 15 is 0 Å². The van der Waals surface area contributed by atoms with Crippen LogP contribution in [0.3, 0.4) is 0 Å². The van der Waals surface area contributed by atoms with Crippen LogP contribution in [-0.4, -0.2) is 40.9 Å². The summed E-state index contributed by atoms with van der Waals surface area (Å²) < 4.78 is 11.0. The lowest BCUT2D eigenvalue weighted by Crippen LogP contribution is -2.60. The maximum Gasteiger partial charge on any atom is 0.410 e. The van der Waals surface area contributed by atoms with E-state index in [4.69, 9.17) is 9.26 Å². The molecule has 7 nitrogen and oxygen atoms in total. The zero-order chi connectivity index (χ0) is 26.5.